The smallest absolute Gasteiger partial charge is 0.262 e. The van der Waals surface area contributed by atoms with Gasteiger partial charge in [0.15, 0.2) is 11.6 Å². The van der Waals surface area contributed by atoms with E-state index in [0.717, 1.165) is 0 Å². The number of halogens is 1. The molecule has 0 fully saturated rings. The standard InChI is InChI=1S/C18H17FN2O3/c1-12(2)24-17-6-5-13(8-16(17)19)11-21-18(22)14(10-20)9-15-4-3-7-23-15/h3-9,12H,11H2,1-2H3,(H,21,22)/b14-9-. The van der Waals surface area contributed by atoms with E-state index in [4.69, 9.17) is 14.4 Å². The van der Waals surface area contributed by atoms with Crippen LogP contribution in [0.5, 0.6) is 5.75 Å². The molecule has 0 bridgehead atoms. The van der Waals surface area contributed by atoms with Gasteiger partial charge in [-0.05, 0) is 43.7 Å². The average Bonchev–Trinajstić information content (AvgIpc) is 3.05. The maximum absolute atomic E-state index is 13.9. The summed E-state index contributed by atoms with van der Waals surface area (Å²) in [6.45, 7) is 3.71. The minimum Gasteiger partial charge on any atom is -0.488 e. The van der Waals surface area contributed by atoms with E-state index in [2.05, 4.69) is 5.32 Å². The number of hydrogen-bond donors (Lipinski definition) is 1. The Morgan fingerprint density at radius 2 is 2.25 bits per heavy atom. The highest BCUT2D eigenvalue weighted by atomic mass is 19.1. The Hall–Kier alpha value is -3.07. The lowest BCUT2D eigenvalue weighted by Crippen LogP contribution is -2.24. The van der Waals surface area contributed by atoms with Crippen LogP contribution in [0.2, 0.25) is 0 Å². The number of amides is 1. The molecule has 2 rings (SSSR count). The van der Waals surface area contributed by atoms with E-state index in [1.54, 1.807) is 18.2 Å². The van der Waals surface area contributed by atoms with Gasteiger partial charge in [0.2, 0.25) is 0 Å². The first-order valence-electron chi connectivity index (χ1n) is 7.38. The predicted molar refractivity (Wildman–Crippen MR) is 86.3 cm³/mol. The van der Waals surface area contributed by atoms with Crippen LogP contribution in [0.25, 0.3) is 6.08 Å². The van der Waals surface area contributed by atoms with Crippen molar-refractivity contribution >= 4 is 12.0 Å². The zero-order valence-corrected chi connectivity index (χ0v) is 13.4. The molecule has 0 atom stereocenters. The van der Waals surface area contributed by atoms with E-state index in [9.17, 15) is 9.18 Å². The van der Waals surface area contributed by atoms with Gasteiger partial charge in [0.25, 0.3) is 5.91 Å². The molecule has 0 unspecified atom stereocenters. The van der Waals surface area contributed by atoms with E-state index in [1.807, 2.05) is 19.9 Å². The molecule has 124 valence electrons. The number of nitriles is 1. The molecule has 2 aromatic rings. The van der Waals surface area contributed by atoms with Crippen LogP contribution >= 0.6 is 0 Å². The number of ether oxygens (including phenoxy) is 1. The number of hydrogen-bond acceptors (Lipinski definition) is 4. The van der Waals surface area contributed by atoms with E-state index in [1.165, 1.54) is 24.5 Å². The fraction of sp³-hybridized carbons (Fsp3) is 0.222. The van der Waals surface area contributed by atoms with Crippen molar-refractivity contribution in [3.05, 3.63) is 59.3 Å². The van der Waals surface area contributed by atoms with Crippen LogP contribution in [0, 0.1) is 17.1 Å². The molecule has 1 amide bonds. The summed E-state index contributed by atoms with van der Waals surface area (Å²) in [6, 6.07) is 9.56. The van der Waals surface area contributed by atoms with Crippen LogP contribution in [0.1, 0.15) is 25.2 Å². The summed E-state index contributed by atoms with van der Waals surface area (Å²) in [5, 5.41) is 11.6. The maximum atomic E-state index is 13.9. The second-order valence-corrected chi connectivity index (χ2v) is 5.30. The van der Waals surface area contributed by atoms with Crippen molar-refractivity contribution in [2.24, 2.45) is 0 Å². The highest BCUT2D eigenvalue weighted by Gasteiger charge is 2.11. The number of carbonyl (C=O) groups excluding carboxylic acids is 1. The molecule has 5 nitrogen and oxygen atoms in total. The van der Waals surface area contributed by atoms with E-state index >= 15 is 0 Å². The quantitative estimate of drug-likeness (QED) is 0.651. The molecule has 1 heterocycles. The first-order valence-corrected chi connectivity index (χ1v) is 7.38. The normalized spacial score (nSPS) is 11.2. The van der Waals surface area contributed by atoms with Crippen LogP contribution in [0.4, 0.5) is 4.39 Å². The second kappa shape index (κ2) is 7.97. The van der Waals surface area contributed by atoms with Crippen molar-refractivity contribution in [2.45, 2.75) is 26.5 Å². The molecule has 0 radical (unpaired) electrons. The first kappa shape index (κ1) is 17.3. The van der Waals surface area contributed by atoms with Crippen molar-refractivity contribution in [2.75, 3.05) is 0 Å². The lowest BCUT2D eigenvalue weighted by Gasteiger charge is -2.11. The summed E-state index contributed by atoms with van der Waals surface area (Å²) in [6.07, 6.45) is 2.66. The van der Waals surface area contributed by atoms with Gasteiger partial charge >= 0.3 is 0 Å². The fourth-order valence-electron chi connectivity index (χ4n) is 1.95. The van der Waals surface area contributed by atoms with Crippen molar-refractivity contribution in [3.63, 3.8) is 0 Å². The molecule has 1 aromatic heterocycles. The van der Waals surface area contributed by atoms with Crippen molar-refractivity contribution in [1.29, 1.82) is 5.26 Å². The van der Waals surface area contributed by atoms with Crippen molar-refractivity contribution in [1.82, 2.24) is 5.32 Å². The Morgan fingerprint density at radius 3 is 2.83 bits per heavy atom. The van der Waals surface area contributed by atoms with Gasteiger partial charge in [-0.3, -0.25) is 4.79 Å². The maximum Gasteiger partial charge on any atom is 0.262 e. The molecule has 0 aliphatic carbocycles. The first-order chi connectivity index (χ1) is 11.5. The molecular formula is C18H17FN2O3. The van der Waals surface area contributed by atoms with Crippen LogP contribution < -0.4 is 10.1 Å². The van der Waals surface area contributed by atoms with Crippen molar-refractivity contribution in [3.8, 4) is 11.8 Å². The van der Waals surface area contributed by atoms with Crippen LogP contribution in [-0.4, -0.2) is 12.0 Å². The number of carbonyl (C=O) groups is 1. The van der Waals surface area contributed by atoms with Crippen LogP contribution in [-0.2, 0) is 11.3 Å². The molecule has 24 heavy (non-hydrogen) atoms. The summed E-state index contributed by atoms with van der Waals surface area (Å²) in [4.78, 5) is 12.0. The molecule has 1 N–H and O–H groups in total. The lowest BCUT2D eigenvalue weighted by molar-refractivity contribution is -0.117. The van der Waals surface area contributed by atoms with E-state index < -0.39 is 11.7 Å². The zero-order valence-electron chi connectivity index (χ0n) is 13.4. The number of furan rings is 1. The fourth-order valence-corrected chi connectivity index (χ4v) is 1.95. The van der Waals surface area contributed by atoms with E-state index in [-0.39, 0.29) is 24.0 Å². The molecule has 6 heteroatoms. The topological polar surface area (TPSA) is 75.3 Å². The highest BCUT2D eigenvalue weighted by molar-refractivity contribution is 6.01. The summed E-state index contributed by atoms with van der Waals surface area (Å²) in [5.74, 6) is -0.489. The third-order valence-corrected chi connectivity index (χ3v) is 3.01. The van der Waals surface area contributed by atoms with Gasteiger partial charge in [0, 0.05) is 12.6 Å². The Morgan fingerprint density at radius 1 is 1.46 bits per heavy atom. The summed E-state index contributed by atoms with van der Waals surface area (Å²) in [7, 11) is 0. The van der Waals surface area contributed by atoms with E-state index in [0.29, 0.717) is 11.3 Å². The minimum atomic E-state index is -0.559. The average molecular weight is 328 g/mol. The summed E-state index contributed by atoms with van der Waals surface area (Å²) >= 11 is 0. The highest BCUT2D eigenvalue weighted by Crippen LogP contribution is 2.19. The second-order valence-electron chi connectivity index (χ2n) is 5.30. The van der Waals surface area contributed by atoms with Gasteiger partial charge in [-0.25, -0.2) is 4.39 Å². The van der Waals surface area contributed by atoms with Crippen LogP contribution in [0.3, 0.4) is 0 Å². The largest absolute Gasteiger partial charge is 0.488 e. The van der Waals surface area contributed by atoms with Gasteiger partial charge in [-0.1, -0.05) is 6.07 Å². The molecule has 0 aliphatic rings. The Bertz CT molecular complexity index is 774. The monoisotopic (exact) mass is 328 g/mol. The molecule has 0 saturated heterocycles. The molecular weight excluding hydrogens is 311 g/mol. The lowest BCUT2D eigenvalue weighted by atomic mass is 10.2. The Balaban J connectivity index is 2.01. The minimum absolute atomic E-state index is 0.0921. The summed E-state index contributed by atoms with van der Waals surface area (Å²) in [5.41, 5.74) is 0.470. The van der Waals surface area contributed by atoms with Gasteiger partial charge < -0.3 is 14.5 Å². The van der Waals surface area contributed by atoms with Crippen molar-refractivity contribution < 1.29 is 18.3 Å². The van der Waals surface area contributed by atoms with Gasteiger partial charge in [0.1, 0.15) is 17.4 Å². The number of rotatable bonds is 6. The SMILES string of the molecule is CC(C)Oc1ccc(CNC(=O)/C(C#N)=C\c2ccco2)cc1F. The molecule has 0 saturated carbocycles. The van der Waals surface area contributed by atoms with Crippen LogP contribution in [0.15, 0.2) is 46.6 Å². The predicted octanol–water partition coefficient (Wildman–Crippen LogP) is 3.43. The van der Waals surface area contributed by atoms with Gasteiger partial charge in [-0.2, -0.15) is 5.26 Å². The Labute approximate surface area is 139 Å². The third kappa shape index (κ3) is 4.71. The third-order valence-electron chi connectivity index (χ3n) is 3.01. The molecule has 0 spiro atoms. The zero-order chi connectivity index (χ0) is 17.5. The molecule has 0 aliphatic heterocycles. The number of nitrogens with zero attached hydrogens (tertiary/aromatic N) is 1. The Kier molecular flexibility index (Phi) is 5.74. The summed E-state index contributed by atoms with van der Waals surface area (Å²) < 4.78 is 24.3. The number of benzene rings is 1. The van der Waals surface area contributed by atoms with Gasteiger partial charge in [0.05, 0.1) is 12.4 Å². The van der Waals surface area contributed by atoms with Gasteiger partial charge in [-0.15, -0.1) is 0 Å². The number of nitrogens with one attached hydrogen (secondary N) is 1. The molecule has 1 aromatic carbocycles.